The van der Waals surface area contributed by atoms with Crippen LogP contribution in [-0.4, -0.2) is 82.3 Å². The summed E-state index contributed by atoms with van der Waals surface area (Å²) in [7, 11) is 0. The van der Waals surface area contributed by atoms with Gasteiger partial charge in [-0.15, -0.1) is 20.4 Å². The Kier molecular flexibility index (Phi) is 13.6. The number of amides is 3. The number of alkyl halides is 3. The number of piperazine rings is 1. The van der Waals surface area contributed by atoms with E-state index in [2.05, 4.69) is 31.0 Å². The largest absolute Gasteiger partial charge is 0.417 e. The minimum absolute atomic E-state index is 0.178. The standard InChI is InChI=1S/C24H28F3N5O2.C12H16ClN3O/c25-24(26,27)19-7-2-1-6-18(19)23(34)32-15-13-31(14-16-32)21-11-10-20(29-30-21)22(33)28-12-4-3-5-17-8-9-17;13-11-7-6-10(15-16-11)12(17)14-8-2-5-9-3-1-4-9/h1-2,6-7,10-11,17H,3-5,8-9,12-16H2,(H,28,33);6-7,9H,1-5,8H2,(H,14,17). The molecule has 1 saturated heterocycles. The molecule has 0 bridgehead atoms. The van der Waals surface area contributed by atoms with Crippen molar-refractivity contribution in [2.24, 2.45) is 11.8 Å². The zero-order chi connectivity index (χ0) is 36.2. The Labute approximate surface area is 300 Å². The number of hydrogen-bond donors (Lipinski definition) is 2. The van der Waals surface area contributed by atoms with E-state index < -0.39 is 17.6 Å². The monoisotopic (exact) mass is 728 g/mol. The molecular formula is C36H44ClF3N8O3. The summed E-state index contributed by atoms with van der Waals surface area (Å²) in [6.07, 6.45) is 7.73. The average Bonchev–Trinajstić information content (AvgIpc) is 3.95. The van der Waals surface area contributed by atoms with Crippen molar-refractivity contribution in [1.82, 2.24) is 35.9 Å². The summed E-state index contributed by atoms with van der Waals surface area (Å²) < 4.78 is 39.8. The van der Waals surface area contributed by atoms with E-state index in [0.29, 0.717) is 42.8 Å². The fraction of sp³-hybridized carbons (Fsp3) is 0.528. The smallest absolute Gasteiger partial charge is 0.352 e. The molecule has 3 aromatic rings. The maximum Gasteiger partial charge on any atom is 0.417 e. The van der Waals surface area contributed by atoms with Crippen LogP contribution in [-0.2, 0) is 6.18 Å². The highest BCUT2D eigenvalue weighted by atomic mass is 35.5. The van der Waals surface area contributed by atoms with Crippen molar-refractivity contribution in [2.45, 2.75) is 70.4 Å². The number of aromatic nitrogens is 4. The predicted molar refractivity (Wildman–Crippen MR) is 186 cm³/mol. The fourth-order valence-corrected chi connectivity index (χ4v) is 6.10. The number of nitrogens with zero attached hydrogens (tertiary/aromatic N) is 6. The molecule has 2 aromatic heterocycles. The van der Waals surface area contributed by atoms with E-state index >= 15 is 0 Å². The Morgan fingerprint density at radius 3 is 1.90 bits per heavy atom. The van der Waals surface area contributed by atoms with Crippen LogP contribution in [0.3, 0.4) is 0 Å². The molecule has 3 heterocycles. The molecule has 6 rings (SSSR count). The molecule has 3 aliphatic rings. The minimum atomic E-state index is -4.59. The molecule has 1 aromatic carbocycles. The fourth-order valence-electron chi connectivity index (χ4n) is 6.00. The summed E-state index contributed by atoms with van der Waals surface area (Å²) in [6, 6.07) is 11.3. The number of halogens is 4. The lowest BCUT2D eigenvalue weighted by molar-refractivity contribution is -0.138. The number of anilines is 1. The van der Waals surface area contributed by atoms with Gasteiger partial charge in [0.2, 0.25) is 0 Å². The van der Waals surface area contributed by atoms with Gasteiger partial charge in [-0.2, -0.15) is 13.2 Å². The molecule has 2 aliphatic carbocycles. The highest BCUT2D eigenvalue weighted by molar-refractivity contribution is 6.29. The number of carbonyl (C=O) groups is 3. The molecule has 51 heavy (non-hydrogen) atoms. The number of unbranched alkanes of at least 4 members (excludes halogenated alkanes) is 1. The molecule has 15 heteroatoms. The van der Waals surface area contributed by atoms with Crippen LogP contribution in [0.25, 0.3) is 0 Å². The van der Waals surface area contributed by atoms with Crippen molar-refractivity contribution in [1.29, 1.82) is 0 Å². The highest BCUT2D eigenvalue weighted by Gasteiger charge is 2.36. The summed E-state index contributed by atoms with van der Waals surface area (Å²) >= 11 is 5.60. The first kappa shape index (κ1) is 37.9. The number of nitrogens with one attached hydrogen (secondary N) is 2. The van der Waals surface area contributed by atoms with Gasteiger partial charge in [-0.25, -0.2) is 0 Å². The van der Waals surface area contributed by atoms with Gasteiger partial charge in [0, 0.05) is 39.3 Å². The Morgan fingerprint density at radius 1 is 0.725 bits per heavy atom. The van der Waals surface area contributed by atoms with Gasteiger partial charge in [-0.1, -0.05) is 68.7 Å². The third-order valence-electron chi connectivity index (χ3n) is 9.42. The Bertz CT molecular complexity index is 1590. The molecule has 1 aliphatic heterocycles. The normalized spacial score (nSPS) is 16.1. The molecule has 0 atom stereocenters. The van der Waals surface area contributed by atoms with Gasteiger partial charge in [-0.3, -0.25) is 14.4 Å². The molecular weight excluding hydrogens is 685 g/mol. The van der Waals surface area contributed by atoms with E-state index in [4.69, 9.17) is 11.6 Å². The summed E-state index contributed by atoms with van der Waals surface area (Å²) in [4.78, 5) is 39.9. The van der Waals surface area contributed by atoms with E-state index in [1.165, 1.54) is 68.0 Å². The number of carbonyl (C=O) groups excluding carboxylic acids is 3. The summed E-state index contributed by atoms with van der Waals surface area (Å²) in [5, 5.41) is 21.5. The van der Waals surface area contributed by atoms with E-state index in [0.717, 1.165) is 37.2 Å². The molecule has 0 unspecified atom stereocenters. The third kappa shape index (κ3) is 11.6. The third-order valence-corrected chi connectivity index (χ3v) is 9.62. The van der Waals surface area contributed by atoms with Crippen LogP contribution in [0, 0.1) is 11.8 Å². The lowest BCUT2D eigenvalue weighted by Crippen LogP contribution is -2.49. The van der Waals surface area contributed by atoms with Gasteiger partial charge in [0.25, 0.3) is 17.7 Å². The van der Waals surface area contributed by atoms with Gasteiger partial charge >= 0.3 is 6.18 Å². The second-order valence-corrected chi connectivity index (χ2v) is 13.6. The molecule has 3 fully saturated rings. The molecule has 11 nitrogen and oxygen atoms in total. The SMILES string of the molecule is O=C(NCCCC1CCC1)c1ccc(Cl)nn1.O=C(NCCCCC1CC1)c1ccc(N2CCN(C(=O)c3ccccc3C(F)(F)F)CC2)nn1. The molecule has 2 saturated carbocycles. The first-order valence-corrected chi connectivity index (χ1v) is 18.1. The second kappa shape index (κ2) is 18.2. The first-order valence-electron chi connectivity index (χ1n) is 17.7. The molecule has 3 amide bonds. The van der Waals surface area contributed by atoms with Crippen molar-refractivity contribution in [2.75, 3.05) is 44.2 Å². The summed E-state index contributed by atoms with van der Waals surface area (Å²) in [5.74, 6) is 1.27. The maximum atomic E-state index is 13.3. The van der Waals surface area contributed by atoms with Crippen LogP contribution in [0.2, 0.25) is 5.15 Å². The first-order chi connectivity index (χ1) is 24.6. The minimum Gasteiger partial charge on any atom is -0.352 e. The van der Waals surface area contributed by atoms with Gasteiger partial charge in [0.1, 0.15) is 0 Å². The summed E-state index contributed by atoms with van der Waals surface area (Å²) in [5.41, 5.74) is -0.710. The molecule has 274 valence electrons. The van der Waals surface area contributed by atoms with Crippen molar-refractivity contribution >= 4 is 35.1 Å². The van der Waals surface area contributed by atoms with Crippen LogP contribution in [0.15, 0.2) is 48.5 Å². The van der Waals surface area contributed by atoms with Crippen molar-refractivity contribution in [3.63, 3.8) is 0 Å². The zero-order valence-corrected chi connectivity index (χ0v) is 29.3. The zero-order valence-electron chi connectivity index (χ0n) is 28.5. The van der Waals surface area contributed by atoms with E-state index in [9.17, 15) is 27.6 Å². The van der Waals surface area contributed by atoms with E-state index in [1.54, 1.807) is 24.3 Å². The van der Waals surface area contributed by atoms with Crippen LogP contribution in [0.1, 0.15) is 101 Å². The van der Waals surface area contributed by atoms with Crippen molar-refractivity contribution in [3.8, 4) is 0 Å². The Morgan fingerprint density at radius 2 is 1.33 bits per heavy atom. The number of hydrogen-bond acceptors (Lipinski definition) is 8. The van der Waals surface area contributed by atoms with E-state index in [-0.39, 0.29) is 36.2 Å². The van der Waals surface area contributed by atoms with Gasteiger partial charge in [0.05, 0.1) is 11.1 Å². The number of benzene rings is 1. The van der Waals surface area contributed by atoms with Crippen molar-refractivity contribution in [3.05, 3.63) is 76.2 Å². The highest BCUT2D eigenvalue weighted by Crippen LogP contribution is 2.34. The Hall–Kier alpha value is -4.33. The van der Waals surface area contributed by atoms with Crippen molar-refractivity contribution < 1.29 is 27.6 Å². The van der Waals surface area contributed by atoms with Crippen LogP contribution < -0.4 is 15.5 Å². The van der Waals surface area contributed by atoms with Gasteiger partial charge in [0.15, 0.2) is 22.4 Å². The number of rotatable bonds is 13. The molecule has 2 N–H and O–H groups in total. The topological polar surface area (TPSA) is 133 Å². The molecule has 0 spiro atoms. The predicted octanol–water partition coefficient (Wildman–Crippen LogP) is 6.21. The van der Waals surface area contributed by atoms with E-state index in [1.807, 2.05) is 4.90 Å². The summed E-state index contributed by atoms with van der Waals surface area (Å²) in [6.45, 7) is 2.65. The quantitative estimate of drug-likeness (QED) is 0.199. The molecule has 0 radical (unpaired) electrons. The lowest BCUT2D eigenvalue weighted by Gasteiger charge is -2.35. The van der Waals surface area contributed by atoms with Crippen LogP contribution >= 0.6 is 11.6 Å². The van der Waals surface area contributed by atoms with Crippen LogP contribution in [0.5, 0.6) is 0 Å². The lowest BCUT2D eigenvalue weighted by atomic mass is 9.82. The van der Waals surface area contributed by atoms with Gasteiger partial charge in [-0.05, 0) is 67.5 Å². The maximum absolute atomic E-state index is 13.3. The van der Waals surface area contributed by atoms with Crippen LogP contribution in [0.4, 0.5) is 19.0 Å². The van der Waals surface area contributed by atoms with Gasteiger partial charge < -0.3 is 20.4 Å². The second-order valence-electron chi connectivity index (χ2n) is 13.2. The average molecular weight is 729 g/mol. The Balaban J connectivity index is 0.000000248.